The molecule has 3 aromatic rings. The average Bonchev–Trinajstić information content (AvgIpc) is 3.72. The standard InChI is InChI=1S/C32H32FN3O5/c33-25-8-6-20(7-9-25)16-24(19-29(37)28-11-10-27(36-28)21-4-2-1-3-5-21)31(39)35-26(17-22-12-14-34-30(22)38)18-23-13-15-41-32(23)40/h1-11,18,22,24,26,36H,12-17,19H2,(H,34,38)(H,35,39)/b23-18+/t22-,24+,26-/m1/s1. The summed E-state index contributed by atoms with van der Waals surface area (Å²) in [5.41, 5.74) is 3.28. The second-order valence-electron chi connectivity index (χ2n) is 10.5. The summed E-state index contributed by atoms with van der Waals surface area (Å²) in [6.07, 6.45) is 3.17. The highest BCUT2D eigenvalue weighted by Gasteiger charge is 2.31. The van der Waals surface area contributed by atoms with E-state index in [-0.39, 0.29) is 43.0 Å². The molecule has 9 heteroatoms. The van der Waals surface area contributed by atoms with Gasteiger partial charge in [-0.2, -0.15) is 0 Å². The number of H-pyrrole nitrogens is 1. The summed E-state index contributed by atoms with van der Waals surface area (Å²) in [6.45, 7) is 0.837. The van der Waals surface area contributed by atoms with Crippen molar-refractivity contribution in [2.75, 3.05) is 13.2 Å². The maximum absolute atomic E-state index is 13.7. The van der Waals surface area contributed by atoms with E-state index in [1.807, 2.05) is 36.4 Å². The average molecular weight is 558 g/mol. The first-order chi connectivity index (χ1) is 19.9. The highest BCUT2D eigenvalue weighted by molar-refractivity contribution is 5.98. The van der Waals surface area contributed by atoms with E-state index >= 15 is 0 Å². The summed E-state index contributed by atoms with van der Waals surface area (Å²) in [4.78, 5) is 54.7. The Balaban J connectivity index is 1.36. The monoisotopic (exact) mass is 557 g/mol. The van der Waals surface area contributed by atoms with Gasteiger partial charge in [-0.05, 0) is 54.7 Å². The molecular formula is C32H32FN3O5. The third-order valence-electron chi connectivity index (χ3n) is 7.57. The number of rotatable bonds is 11. The molecule has 3 N–H and O–H groups in total. The fraction of sp³-hybridized carbons (Fsp3) is 0.312. The lowest BCUT2D eigenvalue weighted by molar-refractivity contribution is -0.135. The summed E-state index contributed by atoms with van der Waals surface area (Å²) < 4.78 is 18.6. The molecule has 0 saturated carbocycles. The Morgan fingerprint density at radius 1 is 1.05 bits per heavy atom. The van der Waals surface area contributed by atoms with Gasteiger partial charge in [0.25, 0.3) is 0 Å². The molecule has 2 amide bonds. The molecule has 0 spiro atoms. The van der Waals surface area contributed by atoms with Crippen LogP contribution in [0.25, 0.3) is 11.3 Å². The van der Waals surface area contributed by atoms with Gasteiger partial charge in [-0.15, -0.1) is 0 Å². The van der Waals surface area contributed by atoms with Gasteiger partial charge < -0.3 is 20.4 Å². The number of Topliss-reactive ketones (excluding diaryl/α,β-unsaturated/α-hetero) is 1. The third-order valence-corrected chi connectivity index (χ3v) is 7.57. The summed E-state index contributed by atoms with van der Waals surface area (Å²) in [5, 5.41) is 5.80. The van der Waals surface area contributed by atoms with Crippen LogP contribution in [0.4, 0.5) is 4.39 Å². The van der Waals surface area contributed by atoms with Crippen LogP contribution in [-0.2, 0) is 25.5 Å². The van der Waals surface area contributed by atoms with Crippen LogP contribution < -0.4 is 10.6 Å². The normalized spacial score (nSPS) is 19.0. The number of hydrogen-bond donors (Lipinski definition) is 3. The van der Waals surface area contributed by atoms with Crippen LogP contribution in [0, 0.1) is 17.7 Å². The third kappa shape index (κ3) is 7.16. The minimum absolute atomic E-state index is 0.0874. The number of carbonyl (C=O) groups is 4. The van der Waals surface area contributed by atoms with Gasteiger partial charge in [0, 0.05) is 48.5 Å². The van der Waals surface area contributed by atoms with Crippen LogP contribution in [0.15, 0.2) is 78.4 Å². The minimum atomic E-state index is -0.773. The second kappa shape index (κ2) is 12.8. The van der Waals surface area contributed by atoms with Crippen molar-refractivity contribution in [1.82, 2.24) is 15.6 Å². The van der Waals surface area contributed by atoms with Crippen LogP contribution in [0.5, 0.6) is 0 Å². The molecule has 2 aliphatic heterocycles. The van der Waals surface area contributed by atoms with Gasteiger partial charge in [0.1, 0.15) is 5.82 Å². The predicted octanol–water partition coefficient (Wildman–Crippen LogP) is 4.14. The lowest BCUT2D eigenvalue weighted by Gasteiger charge is -2.22. The van der Waals surface area contributed by atoms with E-state index in [0.717, 1.165) is 11.3 Å². The van der Waals surface area contributed by atoms with E-state index in [9.17, 15) is 23.6 Å². The van der Waals surface area contributed by atoms with Crippen molar-refractivity contribution in [3.63, 3.8) is 0 Å². The maximum atomic E-state index is 13.7. The number of aromatic amines is 1. The zero-order valence-corrected chi connectivity index (χ0v) is 22.5. The smallest absolute Gasteiger partial charge is 0.333 e. The Morgan fingerprint density at radius 2 is 1.83 bits per heavy atom. The van der Waals surface area contributed by atoms with Gasteiger partial charge in [-0.1, -0.05) is 48.5 Å². The van der Waals surface area contributed by atoms with Crippen LogP contribution >= 0.6 is 0 Å². The van der Waals surface area contributed by atoms with E-state index in [2.05, 4.69) is 15.6 Å². The number of benzene rings is 2. The van der Waals surface area contributed by atoms with E-state index in [1.54, 1.807) is 24.3 Å². The van der Waals surface area contributed by atoms with E-state index in [1.165, 1.54) is 12.1 Å². The highest BCUT2D eigenvalue weighted by atomic mass is 19.1. The molecular weight excluding hydrogens is 525 g/mol. The van der Waals surface area contributed by atoms with Gasteiger partial charge in [-0.25, -0.2) is 9.18 Å². The highest BCUT2D eigenvalue weighted by Crippen LogP contribution is 2.24. The number of amides is 2. The lowest BCUT2D eigenvalue weighted by atomic mass is 9.91. The number of ether oxygens (including phenoxy) is 1. The number of ketones is 1. The number of nitrogens with one attached hydrogen (secondary N) is 3. The first-order valence-corrected chi connectivity index (χ1v) is 13.8. The van der Waals surface area contributed by atoms with Crippen LogP contribution in [0.1, 0.15) is 41.7 Å². The Bertz CT molecular complexity index is 1450. The molecule has 212 valence electrons. The molecule has 2 aromatic carbocycles. The molecule has 8 nitrogen and oxygen atoms in total. The number of aromatic nitrogens is 1. The van der Waals surface area contributed by atoms with Crippen molar-refractivity contribution in [2.24, 2.45) is 11.8 Å². The molecule has 0 radical (unpaired) electrons. The molecule has 0 unspecified atom stereocenters. The largest absolute Gasteiger partial charge is 0.462 e. The maximum Gasteiger partial charge on any atom is 0.333 e. The van der Waals surface area contributed by atoms with Crippen molar-refractivity contribution in [3.8, 4) is 11.3 Å². The Kier molecular flexibility index (Phi) is 8.72. The zero-order valence-electron chi connectivity index (χ0n) is 22.5. The second-order valence-corrected chi connectivity index (χ2v) is 10.5. The van der Waals surface area contributed by atoms with Gasteiger partial charge in [0.15, 0.2) is 5.78 Å². The van der Waals surface area contributed by atoms with Crippen molar-refractivity contribution in [2.45, 2.75) is 38.1 Å². The molecule has 3 heterocycles. The molecule has 1 aromatic heterocycles. The molecule has 0 aliphatic carbocycles. The first kappa shape index (κ1) is 28.0. The summed E-state index contributed by atoms with van der Waals surface area (Å²) in [7, 11) is 0. The summed E-state index contributed by atoms with van der Waals surface area (Å²) in [6, 6.07) is 18.4. The van der Waals surface area contributed by atoms with Crippen molar-refractivity contribution in [3.05, 3.63) is 95.5 Å². The number of carbonyl (C=O) groups excluding carboxylic acids is 4. The lowest BCUT2D eigenvalue weighted by Crippen LogP contribution is -2.41. The number of esters is 1. The number of cyclic esters (lactones) is 1. The Hall–Kier alpha value is -4.53. The Morgan fingerprint density at radius 3 is 2.51 bits per heavy atom. The van der Waals surface area contributed by atoms with Crippen LogP contribution in [0.3, 0.4) is 0 Å². The van der Waals surface area contributed by atoms with Gasteiger partial charge in [0.2, 0.25) is 11.8 Å². The van der Waals surface area contributed by atoms with Crippen molar-refractivity contribution < 1.29 is 28.3 Å². The fourth-order valence-electron chi connectivity index (χ4n) is 5.33. The minimum Gasteiger partial charge on any atom is -0.462 e. The van der Waals surface area contributed by atoms with Gasteiger partial charge in [0.05, 0.1) is 12.3 Å². The molecule has 2 saturated heterocycles. The molecule has 41 heavy (non-hydrogen) atoms. The van der Waals surface area contributed by atoms with Crippen molar-refractivity contribution >= 4 is 23.6 Å². The predicted molar refractivity (Wildman–Crippen MR) is 150 cm³/mol. The Labute approximate surface area is 237 Å². The van der Waals surface area contributed by atoms with Crippen LogP contribution in [0.2, 0.25) is 0 Å². The summed E-state index contributed by atoms with van der Waals surface area (Å²) >= 11 is 0. The fourth-order valence-corrected chi connectivity index (χ4v) is 5.33. The van der Waals surface area contributed by atoms with Crippen molar-refractivity contribution in [1.29, 1.82) is 0 Å². The topological polar surface area (TPSA) is 117 Å². The van der Waals surface area contributed by atoms with Gasteiger partial charge in [-0.3, -0.25) is 14.4 Å². The molecule has 3 atom stereocenters. The quantitative estimate of drug-likeness (QED) is 0.186. The SMILES string of the molecule is O=C1OCC/C1=C\[C@@H](C[C@H]1CCNC1=O)NC(=O)[C@H](CC(=O)c1ccc(-c2ccccc2)[nH]1)Cc1ccc(F)cc1. The zero-order chi connectivity index (χ0) is 28.8. The number of halogens is 1. The van der Waals surface area contributed by atoms with Gasteiger partial charge >= 0.3 is 5.97 Å². The van der Waals surface area contributed by atoms with E-state index < -0.39 is 23.7 Å². The molecule has 0 bridgehead atoms. The molecule has 2 aliphatic rings. The molecule has 2 fully saturated rings. The summed E-state index contributed by atoms with van der Waals surface area (Å²) in [5.74, 6) is -2.61. The first-order valence-electron chi connectivity index (χ1n) is 13.8. The van der Waals surface area contributed by atoms with E-state index in [4.69, 9.17) is 4.74 Å². The van der Waals surface area contributed by atoms with Crippen LogP contribution in [-0.4, -0.2) is 47.7 Å². The molecule has 5 rings (SSSR count). The number of hydrogen-bond acceptors (Lipinski definition) is 5. The van der Waals surface area contributed by atoms with E-state index in [0.29, 0.717) is 42.6 Å².